The van der Waals surface area contributed by atoms with Crippen LogP contribution in [-0.2, 0) is 10.6 Å². The Labute approximate surface area is 159 Å². The van der Waals surface area contributed by atoms with Gasteiger partial charge >= 0.3 is 0 Å². The Bertz CT molecular complexity index is 817. The van der Waals surface area contributed by atoms with E-state index < -0.39 is 0 Å². The molecule has 2 aromatic rings. The zero-order valence-electron chi connectivity index (χ0n) is 17.0. The lowest BCUT2D eigenvalue weighted by Gasteiger charge is -2.33. The lowest BCUT2D eigenvalue weighted by atomic mass is 9.82. The number of Topliss-reactive ketones (excluding diaryl/α,β-unsaturated/α-hetero) is 1. The van der Waals surface area contributed by atoms with Crippen molar-refractivity contribution in [2.45, 2.75) is 65.5 Å². The quantitative estimate of drug-likeness (QED) is 0.531. The zero-order valence-corrected chi connectivity index (χ0v) is 18.0. The lowest BCUT2D eigenvalue weighted by Crippen LogP contribution is -2.23. The normalized spacial score (nSPS) is 14.6. The third-order valence-corrected chi connectivity index (χ3v) is 6.96. The first kappa shape index (κ1) is 20.6. The van der Waals surface area contributed by atoms with Gasteiger partial charge in [0.1, 0.15) is 5.75 Å². The molecule has 2 nitrogen and oxygen atoms in total. The second kappa shape index (κ2) is 7.53. The molecule has 3 heteroatoms. The number of hydrogen-bond donors (Lipinski definition) is 1. The highest BCUT2D eigenvalue weighted by molar-refractivity contribution is 7.48. The van der Waals surface area contributed by atoms with Gasteiger partial charge in [0.05, 0.1) is 0 Å². The van der Waals surface area contributed by atoms with Gasteiger partial charge < -0.3 is 5.11 Å². The summed E-state index contributed by atoms with van der Waals surface area (Å²) in [7, 11) is 0.409. The number of carbonyl (C=O) groups excluding carboxylic acids is 1. The molecule has 0 amide bonds. The van der Waals surface area contributed by atoms with E-state index in [9.17, 15) is 9.90 Å². The Morgan fingerprint density at radius 1 is 1.08 bits per heavy atom. The van der Waals surface area contributed by atoms with Crippen LogP contribution in [0.4, 0.5) is 0 Å². The molecule has 2 unspecified atom stereocenters. The Balaban J connectivity index is 2.61. The number of phenolic OH excluding ortho intramolecular Hbond substituents is 1. The maximum Gasteiger partial charge on any atom is 0.160 e. The summed E-state index contributed by atoms with van der Waals surface area (Å²) in [6, 6.07) is 12.0. The first-order chi connectivity index (χ1) is 12.0. The highest BCUT2D eigenvalue weighted by Crippen LogP contribution is 2.49. The lowest BCUT2D eigenvalue weighted by molar-refractivity contribution is 0.101. The van der Waals surface area contributed by atoms with Crippen LogP contribution in [0.1, 0.15) is 75.0 Å². The van der Waals surface area contributed by atoms with E-state index in [1.165, 1.54) is 0 Å². The summed E-state index contributed by atoms with van der Waals surface area (Å²) in [4.78, 5) is 12.0. The van der Waals surface area contributed by atoms with E-state index in [1.54, 1.807) is 6.92 Å². The molecule has 0 fully saturated rings. The number of hydrogen-bond acceptors (Lipinski definition) is 2. The van der Waals surface area contributed by atoms with Crippen LogP contribution in [0.5, 0.6) is 5.75 Å². The van der Waals surface area contributed by atoms with Crippen molar-refractivity contribution in [1.82, 2.24) is 0 Å². The number of rotatable bonds is 5. The van der Waals surface area contributed by atoms with Gasteiger partial charge in [-0.25, -0.2) is 0 Å². The fraction of sp³-hybridized carbons (Fsp3) is 0.435. The Morgan fingerprint density at radius 3 is 2.19 bits per heavy atom. The number of ketones is 1. The van der Waals surface area contributed by atoms with Gasteiger partial charge in [-0.15, -0.1) is 0 Å². The van der Waals surface area contributed by atoms with Crippen LogP contribution in [0.2, 0.25) is 0 Å². The standard InChI is InChI=1S/C23H31O2P/c1-8-23(7,26-20-12-10-9-11-17(20)16(3)24)19-14-15(2)13-18(21(19)25)22(4,5)6/h9-14,25-26H,8H2,1-7H3. The fourth-order valence-corrected chi connectivity index (χ4v) is 4.98. The van der Waals surface area contributed by atoms with Crippen LogP contribution in [0.3, 0.4) is 0 Å². The van der Waals surface area contributed by atoms with Crippen LogP contribution < -0.4 is 5.30 Å². The summed E-state index contributed by atoms with van der Waals surface area (Å²) in [5.74, 6) is 0.496. The van der Waals surface area contributed by atoms with E-state index in [-0.39, 0.29) is 16.4 Å². The first-order valence-corrected chi connectivity index (χ1v) is 10.2. The smallest absolute Gasteiger partial charge is 0.160 e. The van der Waals surface area contributed by atoms with Crippen LogP contribution in [0.15, 0.2) is 36.4 Å². The number of phenols is 1. The average molecular weight is 370 g/mol. The minimum absolute atomic E-state index is 0.0930. The minimum Gasteiger partial charge on any atom is -0.507 e. The van der Waals surface area contributed by atoms with E-state index >= 15 is 0 Å². The Kier molecular flexibility index (Phi) is 5.98. The Hall–Kier alpha value is -1.66. The topological polar surface area (TPSA) is 37.3 Å². The van der Waals surface area contributed by atoms with Crippen molar-refractivity contribution >= 4 is 19.7 Å². The maximum absolute atomic E-state index is 12.0. The molecule has 0 saturated heterocycles. The van der Waals surface area contributed by atoms with Crippen molar-refractivity contribution in [3.63, 3.8) is 0 Å². The predicted octanol–water partition coefficient (Wildman–Crippen LogP) is 5.83. The van der Waals surface area contributed by atoms with Crippen LogP contribution in [-0.4, -0.2) is 10.9 Å². The Morgan fingerprint density at radius 2 is 1.65 bits per heavy atom. The highest BCUT2D eigenvalue weighted by atomic mass is 31.1. The number of aromatic hydroxyl groups is 1. The summed E-state index contributed by atoms with van der Waals surface area (Å²) >= 11 is 0. The van der Waals surface area contributed by atoms with Crippen molar-refractivity contribution in [2.24, 2.45) is 0 Å². The van der Waals surface area contributed by atoms with Crippen molar-refractivity contribution in [3.05, 3.63) is 58.7 Å². The zero-order chi connectivity index (χ0) is 19.7. The van der Waals surface area contributed by atoms with Crippen molar-refractivity contribution in [3.8, 4) is 5.75 Å². The second-order valence-corrected chi connectivity index (χ2v) is 10.3. The SMILES string of the molecule is CCC(C)(Pc1ccccc1C(C)=O)c1cc(C)cc(C(C)(C)C)c1O. The van der Waals surface area contributed by atoms with Gasteiger partial charge in [0.15, 0.2) is 5.78 Å². The predicted molar refractivity (Wildman–Crippen MR) is 114 cm³/mol. The fourth-order valence-electron chi connectivity index (χ4n) is 3.31. The van der Waals surface area contributed by atoms with Gasteiger partial charge in [0, 0.05) is 16.3 Å². The molecule has 0 aliphatic rings. The maximum atomic E-state index is 12.0. The van der Waals surface area contributed by atoms with Gasteiger partial charge in [0.25, 0.3) is 0 Å². The van der Waals surface area contributed by atoms with E-state index in [1.807, 2.05) is 24.3 Å². The number of carbonyl (C=O) groups is 1. The van der Waals surface area contributed by atoms with Gasteiger partial charge in [-0.2, -0.15) is 0 Å². The summed E-state index contributed by atoms with van der Waals surface area (Å²) in [5.41, 5.74) is 3.79. The van der Waals surface area contributed by atoms with E-state index in [2.05, 4.69) is 53.7 Å². The molecule has 1 N–H and O–H groups in total. The van der Waals surface area contributed by atoms with Crippen molar-refractivity contribution in [2.75, 3.05) is 0 Å². The number of benzene rings is 2. The summed E-state index contributed by atoms with van der Waals surface area (Å²) in [5, 5.41) is 12.0. The van der Waals surface area contributed by atoms with Crippen molar-refractivity contribution in [1.29, 1.82) is 0 Å². The molecule has 2 atom stereocenters. The molecule has 0 aromatic heterocycles. The molecule has 2 rings (SSSR count). The van der Waals surface area contributed by atoms with Gasteiger partial charge in [0.2, 0.25) is 0 Å². The average Bonchev–Trinajstić information content (AvgIpc) is 2.55. The monoisotopic (exact) mass is 370 g/mol. The van der Waals surface area contributed by atoms with Crippen LogP contribution in [0, 0.1) is 6.92 Å². The van der Waals surface area contributed by atoms with Crippen LogP contribution >= 0.6 is 8.58 Å². The summed E-state index contributed by atoms with van der Waals surface area (Å²) in [6.45, 7) is 14.4. The molecule has 0 bridgehead atoms. The van der Waals surface area contributed by atoms with E-state index in [0.717, 1.165) is 34.0 Å². The summed E-state index contributed by atoms with van der Waals surface area (Å²) < 4.78 is 0. The molecular weight excluding hydrogens is 339 g/mol. The molecule has 0 aliphatic carbocycles. The number of aryl methyl sites for hydroxylation is 1. The molecule has 0 radical (unpaired) electrons. The van der Waals surface area contributed by atoms with Crippen LogP contribution in [0.25, 0.3) is 0 Å². The molecule has 140 valence electrons. The third-order valence-electron chi connectivity index (χ3n) is 5.08. The van der Waals surface area contributed by atoms with E-state index in [4.69, 9.17) is 0 Å². The first-order valence-electron chi connectivity index (χ1n) is 9.22. The molecule has 0 aliphatic heterocycles. The molecular formula is C23H31O2P. The molecule has 0 saturated carbocycles. The second-order valence-electron chi connectivity index (χ2n) is 8.37. The van der Waals surface area contributed by atoms with Crippen molar-refractivity contribution < 1.29 is 9.90 Å². The molecule has 0 heterocycles. The van der Waals surface area contributed by atoms with Gasteiger partial charge in [-0.3, -0.25) is 4.79 Å². The summed E-state index contributed by atoms with van der Waals surface area (Å²) in [6.07, 6.45) is 0.887. The highest BCUT2D eigenvalue weighted by Gasteiger charge is 2.32. The third kappa shape index (κ3) is 4.18. The largest absolute Gasteiger partial charge is 0.507 e. The molecule has 26 heavy (non-hydrogen) atoms. The molecule has 0 spiro atoms. The van der Waals surface area contributed by atoms with E-state index in [0.29, 0.717) is 14.3 Å². The molecule has 2 aromatic carbocycles. The van der Waals surface area contributed by atoms with Gasteiger partial charge in [-0.1, -0.05) is 85.2 Å². The van der Waals surface area contributed by atoms with Gasteiger partial charge in [-0.05, 0) is 36.6 Å². The minimum atomic E-state index is -0.221.